The van der Waals surface area contributed by atoms with E-state index in [2.05, 4.69) is 27.5 Å². The van der Waals surface area contributed by atoms with Crippen LogP contribution in [0.5, 0.6) is 0 Å². The Hall–Kier alpha value is -1.07. The molecule has 0 atom stereocenters. The molecule has 0 spiro atoms. The van der Waals surface area contributed by atoms with Crippen LogP contribution in [0.4, 0.5) is 5.82 Å². The number of aromatic nitrogens is 2. The first-order chi connectivity index (χ1) is 7.36. The van der Waals surface area contributed by atoms with Gasteiger partial charge in [-0.3, -0.25) is 0 Å². The molecular weight excluding hydrogens is 226 g/mol. The maximum atomic E-state index is 5.69. The molecule has 0 saturated heterocycles. The molecule has 3 nitrogen and oxygen atoms in total. The number of nitrogens with zero attached hydrogens (tertiary/aromatic N) is 2. The molecule has 2 heterocycles. The van der Waals surface area contributed by atoms with Crippen molar-refractivity contribution in [2.75, 3.05) is 11.5 Å². The number of thioether (sulfide) groups is 1. The van der Waals surface area contributed by atoms with Gasteiger partial charge in [-0.25, -0.2) is 9.97 Å². The van der Waals surface area contributed by atoms with Crippen LogP contribution in [-0.2, 0) is 6.42 Å². The van der Waals surface area contributed by atoms with Crippen molar-refractivity contribution in [3.05, 3.63) is 34.8 Å². The number of aryl methyl sites for hydroxylation is 1. The Balaban J connectivity index is 1.86. The van der Waals surface area contributed by atoms with E-state index in [9.17, 15) is 0 Å². The van der Waals surface area contributed by atoms with Gasteiger partial charge in [-0.15, -0.1) is 23.1 Å². The summed E-state index contributed by atoms with van der Waals surface area (Å²) in [5.74, 6) is 1.51. The summed E-state index contributed by atoms with van der Waals surface area (Å²) >= 11 is 3.43. The quantitative estimate of drug-likeness (QED) is 0.830. The average molecular weight is 237 g/mol. The summed E-state index contributed by atoms with van der Waals surface area (Å²) in [6.45, 7) is 0. The zero-order valence-electron chi connectivity index (χ0n) is 8.09. The molecule has 0 bridgehead atoms. The minimum absolute atomic E-state index is 0.522. The summed E-state index contributed by atoms with van der Waals surface area (Å²) in [6, 6.07) is 4.21. The fraction of sp³-hybridized carbons (Fsp3) is 0.200. The number of nitrogen functional groups attached to an aromatic ring is 1. The van der Waals surface area contributed by atoms with E-state index in [0.717, 1.165) is 17.2 Å². The number of nitrogens with two attached hydrogens (primary N) is 1. The highest BCUT2D eigenvalue weighted by molar-refractivity contribution is 7.99. The van der Waals surface area contributed by atoms with Gasteiger partial charge < -0.3 is 5.73 Å². The average Bonchev–Trinajstić information content (AvgIpc) is 2.74. The first-order valence-corrected chi connectivity index (χ1v) is 6.44. The summed E-state index contributed by atoms with van der Waals surface area (Å²) in [7, 11) is 0. The zero-order chi connectivity index (χ0) is 10.5. The summed E-state index contributed by atoms with van der Waals surface area (Å²) < 4.78 is 0. The molecule has 15 heavy (non-hydrogen) atoms. The van der Waals surface area contributed by atoms with Crippen molar-refractivity contribution in [1.29, 1.82) is 0 Å². The van der Waals surface area contributed by atoms with Gasteiger partial charge in [0.1, 0.15) is 5.03 Å². The lowest BCUT2D eigenvalue weighted by Gasteiger charge is -2.01. The van der Waals surface area contributed by atoms with E-state index in [-0.39, 0.29) is 0 Å². The van der Waals surface area contributed by atoms with Gasteiger partial charge in [0.15, 0.2) is 5.82 Å². The van der Waals surface area contributed by atoms with Gasteiger partial charge in [-0.1, -0.05) is 6.07 Å². The molecule has 0 aliphatic carbocycles. The second-order valence-corrected chi connectivity index (χ2v) is 5.04. The van der Waals surface area contributed by atoms with Crippen molar-refractivity contribution in [1.82, 2.24) is 9.97 Å². The molecule has 0 amide bonds. The van der Waals surface area contributed by atoms with Crippen LogP contribution in [0.2, 0.25) is 0 Å². The Morgan fingerprint density at radius 1 is 1.33 bits per heavy atom. The van der Waals surface area contributed by atoms with E-state index in [1.54, 1.807) is 35.5 Å². The van der Waals surface area contributed by atoms with Gasteiger partial charge in [0, 0.05) is 23.0 Å². The highest BCUT2D eigenvalue weighted by atomic mass is 32.2. The lowest BCUT2D eigenvalue weighted by atomic mass is 10.4. The largest absolute Gasteiger partial charge is 0.381 e. The predicted molar refractivity (Wildman–Crippen MR) is 65.2 cm³/mol. The minimum Gasteiger partial charge on any atom is -0.381 e. The highest BCUT2D eigenvalue weighted by Gasteiger charge is 2.01. The molecule has 2 aromatic heterocycles. The SMILES string of the molecule is Nc1nccnc1SCCc1cccs1. The topological polar surface area (TPSA) is 51.8 Å². The van der Waals surface area contributed by atoms with Gasteiger partial charge in [0.05, 0.1) is 0 Å². The molecule has 2 aromatic rings. The number of thiophene rings is 1. The Morgan fingerprint density at radius 2 is 2.20 bits per heavy atom. The van der Waals surface area contributed by atoms with Crippen LogP contribution in [-0.4, -0.2) is 15.7 Å². The van der Waals surface area contributed by atoms with Crippen LogP contribution in [0.15, 0.2) is 34.9 Å². The molecule has 0 unspecified atom stereocenters. The smallest absolute Gasteiger partial charge is 0.156 e. The molecule has 5 heteroatoms. The number of anilines is 1. The van der Waals surface area contributed by atoms with E-state index < -0.39 is 0 Å². The second-order valence-electron chi connectivity index (χ2n) is 2.92. The third-order valence-electron chi connectivity index (χ3n) is 1.86. The molecule has 2 rings (SSSR count). The highest BCUT2D eigenvalue weighted by Crippen LogP contribution is 2.21. The van der Waals surface area contributed by atoms with E-state index in [1.165, 1.54) is 4.88 Å². The monoisotopic (exact) mass is 237 g/mol. The summed E-state index contributed by atoms with van der Waals surface area (Å²) in [5.41, 5.74) is 5.69. The van der Waals surface area contributed by atoms with Gasteiger partial charge in [-0.05, 0) is 17.9 Å². The molecule has 78 valence electrons. The maximum Gasteiger partial charge on any atom is 0.156 e. The lowest BCUT2D eigenvalue weighted by Crippen LogP contribution is -1.95. The van der Waals surface area contributed by atoms with Crippen molar-refractivity contribution < 1.29 is 0 Å². The zero-order valence-corrected chi connectivity index (χ0v) is 9.72. The maximum absolute atomic E-state index is 5.69. The van der Waals surface area contributed by atoms with E-state index in [1.807, 2.05) is 0 Å². The number of rotatable bonds is 4. The van der Waals surface area contributed by atoms with Gasteiger partial charge in [-0.2, -0.15) is 0 Å². The van der Waals surface area contributed by atoms with Crippen molar-refractivity contribution in [2.45, 2.75) is 11.4 Å². The second kappa shape index (κ2) is 5.14. The molecule has 0 fully saturated rings. The fourth-order valence-electron chi connectivity index (χ4n) is 1.15. The summed E-state index contributed by atoms with van der Waals surface area (Å²) in [4.78, 5) is 9.56. The minimum atomic E-state index is 0.522. The van der Waals surface area contributed by atoms with Gasteiger partial charge >= 0.3 is 0 Å². The third-order valence-corrected chi connectivity index (χ3v) is 3.79. The fourth-order valence-corrected chi connectivity index (χ4v) is 2.84. The first kappa shape index (κ1) is 10.4. The summed E-state index contributed by atoms with van der Waals surface area (Å²) in [6.07, 6.45) is 4.33. The van der Waals surface area contributed by atoms with E-state index >= 15 is 0 Å². The Labute approximate surface area is 96.8 Å². The Bertz CT molecular complexity index is 414. The van der Waals surface area contributed by atoms with Crippen LogP contribution in [0.25, 0.3) is 0 Å². The molecule has 0 aliphatic rings. The van der Waals surface area contributed by atoms with Gasteiger partial charge in [0.2, 0.25) is 0 Å². The molecule has 0 saturated carbocycles. The number of hydrogen-bond acceptors (Lipinski definition) is 5. The van der Waals surface area contributed by atoms with Crippen LogP contribution >= 0.6 is 23.1 Å². The number of hydrogen-bond donors (Lipinski definition) is 1. The Kier molecular flexibility index (Phi) is 3.58. The van der Waals surface area contributed by atoms with Gasteiger partial charge in [0.25, 0.3) is 0 Å². The lowest BCUT2D eigenvalue weighted by molar-refractivity contribution is 1.06. The molecule has 0 aliphatic heterocycles. The molecule has 0 radical (unpaired) electrons. The van der Waals surface area contributed by atoms with Crippen molar-refractivity contribution >= 4 is 28.9 Å². The van der Waals surface area contributed by atoms with E-state index in [4.69, 9.17) is 5.73 Å². The third kappa shape index (κ3) is 2.94. The molecule has 2 N–H and O–H groups in total. The van der Waals surface area contributed by atoms with Crippen LogP contribution < -0.4 is 5.73 Å². The molecular formula is C10H11N3S2. The standard InChI is InChI=1S/C10H11N3S2/c11-9-10(13-5-4-12-9)15-7-3-8-2-1-6-14-8/h1-2,4-6H,3,7H2,(H2,11,12). The van der Waals surface area contributed by atoms with Crippen LogP contribution in [0, 0.1) is 0 Å². The summed E-state index contributed by atoms with van der Waals surface area (Å²) in [5, 5.41) is 2.92. The van der Waals surface area contributed by atoms with E-state index in [0.29, 0.717) is 5.82 Å². The van der Waals surface area contributed by atoms with Crippen molar-refractivity contribution in [2.24, 2.45) is 0 Å². The Morgan fingerprint density at radius 3 is 2.93 bits per heavy atom. The van der Waals surface area contributed by atoms with Crippen molar-refractivity contribution in [3.63, 3.8) is 0 Å². The van der Waals surface area contributed by atoms with Crippen molar-refractivity contribution in [3.8, 4) is 0 Å². The predicted octanol–water partition coefficient (Wildman–Crippen LogP) is 2.46. The van der Waals surface area contributed by atoms with Crippen LogP contribution in [0.1, 0.15) is 4.88 Å². The molecule has 0 aromatic carbocycles. The normalized spacial score (nSPS) is 10.4. The van der Waals surface area contributed by atoms with Crippen LogP contribution in [0.3, 0.4) is 0 Å². The first-order valence-electron chi connectivity index (χ1n) is 4.58.